The van der Waals surface area contributed by atoms with Crippen LogP contribution < -0.4 is 10.4 Å². The molecule has 182 valence electrons. The van der Waals surface area contributed by atoms with E-state index in [4.69, 9.17) is 9.16 Å². The van der Waals surface area contributed by atoms with E-state index in [1.807, 2.05) is 12.1 Å². The Kier molecular flexibility index (Phi) is 9.13. The van der Waals surface area contributed by atoms with Gasteiger partial charge in [0.15, 0.2) is 0 Å². The van der Waals surface area contributed by atoms with Crippen molar-refractivity contribution in [2.75, 3.05) is 13.7 Å². The number of ether oxygens (including phenoxy) is 1. The molecule has 3 rings (SSSR count). The Hall–Kier alpha value is -2.39. The second-order valence-electron chi connectivity index (χ2n) is 10.2. The molecule has 1 N–H and O–H groups in total. The number of carbonyl (C=O) groups excluding carboxylic acids is 1. The molecule has 0 bridgehead atoms. The molecule has 2 aromatic rings. The average Bonchev–Trinajstić information content (AvgIpc) is 3.17. The Balaban J connectivity index is 1.71. The van der Waals surface area contributed by atoms with E-state index in [9.17, 15) is 9.90 Å². The number of benzene rings is 2. The van der Waals surface area contributed by atoms with Crippen LogP contribution in [0.1, 0.15) is 52.9 Å². The lowest BCUT2D eigenvalue weighted by Crippen LogP contribution is -2.66. The summed E-state index contributed by atoms with van der Waals surface area (Å²) in [7, 11) is -1.13. The van der Waals surface area contributed by atoms with Gasteiger partial charge in [-0.15, -0.1) is 11.8 Å². The third kappa shape index (κ3) is 5.99. The number of rotatable bonds is 8. The average molecular weight is 479 g/mol. The van der Waals surface area contributed by atoms with Gasteiger partial charge in [0.25, 0.3) is 8.32 Å². The molecule has 3 atom stereocenters. The highest BCUT2D eigenvalue weighted by molar-refractivity contribution is 6.99. The molecule has 4 nitrogen and oxygen atoms in total. The lowest BCUT2D eigenvalue weighted by molar-refractivity contribution is -0.142. The number of carbonyl (C=O) groups is 1. The predicted octanol–water partition coefficient (Wildman–Crippen LogP) is 4.30. The molecule has 5 heteroatoms. The number of hydrogen-bond acceptors (Lipinski definition) is 4. The molecule has 1 aliphatic rings. The van der Waals surface area contributed by atoms with Gasteiger partial charge in [-0.3, -0.25) is 4.79 Å². The van der Waals surface area contributed by atoms with E-state index in [0.717, 1.165) is 12.8 Å². The van der Waals surface area contributed by atoms with Gasteiger partial charge in [-0.25, -0.2) is 0 Å². The molecular formula is C29H38O4Si. The Morgan fingerprint density at radius 3 is 2.12 bits per heavy atom. The minimum atomic E-state index is -2.54. The van der Waals surface area contributed by atoms with Crippen molar-refractivity contribution in [2.45, 2.75) is 64.0 Å². The highest BCUT2D eigenvalue weighted by Gasteiger charge is 2.49. The Labute approximate surface area is 205 Å². The zero-order valence-electron chi connectivity index (χ0n) is 20.9. The molecule has 1 aliphatic carbocycles. The van der Waals surface area contributed by atoms with Crippen LogP contribution in [0.5, 0.6) is 0 Å². The minimum absolute atomic E-state index is 0.0317. The van der Waals surface area contributed by atoms with Crippen LogP contribution in [0.15, 0.2) is 60.7 Å². The number of aliphatic hydroxyl groups is 1. The monoisotopic (exact) mass is 478 g/mol. The van der Waals surface area contributed by atoms with Gasteiger partial charge < -0.3 is 14.3 Å². The molecule has 0 aromatic heterocycles. The molecule has 1 saturated carbocycles. The predicted molar refractivity (Wildman–Crippen MR) is 139 cm³/mol. The van der Waals surface area contributed by atoms with Crippen LogP contribution in [0.3, 0.4) is 0 Å². The third-order valence-corrected chi connectivity index (χ3v) is 12.1. The van der Waals surface area contributed by atoms with Gasteiger partial charge >= 0.3 is 5.97 Å². The fraction of sp³-hybridized carbons (Fsp3) is 0.483. The fourth-order valence-corrected chi connectivity index (χ4v) is 9.84. The van der Waals surface area contributed by atoms with Crippen LogP contribution in [0.2, 0.25) is 5.04 Å². The summed E-state index contributed by atoms with van der Waals surface area (Å²) in [5.41, 5.74) is 0. The molecule has 0 amide bonds. The van der Waals surface area contributed by atoms with E-state index in [0.29, 0.717) is 25.9 Å². The summed E-state index contributed by atoms with van der Waals surface area (Å²) in [6.07, 6.45) is 2.77. The van der Waals surface area contributed by atoms with Crippen molar-refractivity contribution in [2.24, 2.45) is 11.8 Å². The number of hydrogen-bond donors (Lipinski definition) is 1. The summed E-state index contributed by atoms with van der Waals surface area (Å²) < 4.78 is 11.7. The van der Waals surface area contributed by atoms with Gasteiger partial charge in [0.05, 0.1) is 13.2 Å². The van der Waals surface area contributed by atoms with Crippen LogP contribution in [-0.2, 0) is 14.0 Å². The maximum Gasteiger partial charge on any atom is 0.305 e. The van der Waals surface area contributed by atoms with Gasteiger partial charge in [0.1, 0.15) is 0 Å². The minimum Gasteiger partial charge on any atom is -0.469 e. The van der Waals surface area contributed by atoms with Gasteiger partial charge in [-0.05, 0) is 40.1 Å². The first kappa shape index (κ1) is 26.2. The van der Waals surface area contributed by atoms with Crippen LogP contribution in [-0.4, -0.2) is 39.2 Å². The second kappa shape index (κ2) is 11.8. The molecule has 0 spiro atoms. The van der Waals surface area contributed by atoms with Crippen molar-refractivity contribution < 1.29 is 19.1 Å². The quantitative estimate of drug-likeness (QED) is 0.266. The summed E-state index contributed by atoms with van der Waals surface area (Å²) in [4.78, 5) is 11.7. The number of aliphatic hydroxyl groups excluding tert-OH is 1. The number of methoxy groups -OCH3 is 1. The van der Waals surface area contributed by atoms with E-state index in [1.165, 1.54) is 17.5 Å². The van der Waals surface area contributed by atoms with E-state index in [2.05, 4.69) is 81.1 Å². The maximum atomic E-state index is 11.7. The molecule has 0 saturated heterocycles. The summed E-state index contributed by atoms with van der Waals surface area (Å²) >= 11 is 0. The van der Waals surface area contributed by atoms with Crippen molar-refractivity contribution in [1.82, 2.24) is 0 Å². The summed E-state index contributed by atoms with van der Waals surface area (Å²) in [6, 6.07) is 21.2. The van der Waals surface area contributed by atoms with Crippen LogP contribution >= 0.6 is 0 Å². The Morgan fingerprint density at radius 2 is 1.59 bits per heavy atom. The molecule has 1 fully saturated rings. The molecule has 0 unspecified atom stereocenters. The molecular weight excluding hydrogens is 440 g/mol. The zero-order valence-corrected chi connectivity index (χ0v) is 21.9. The third-order valence-electron chi connectivity index (χ3n) is 7.01. The van der Waals surface area contributed by atoms with Gasteiger partial charge in [0.2, 0.25) is 0 Å². The Bertz CT molecular complexity index is 932. The molecule has 2 aromatic carbocycles. The SMILES string of the molecule is COC(=O)C[C@@H]1CC[C@H](O)[C@@H]1CC#CCCO[Si](c1ccccc1)(c1ccccc1)C(C)(C)C. The second-order valence-corrected chi connectivity index (χ2v) is 14.5. The first-order valence-corrected chi connectivity index (χ1v) is 14.2. The summed E-state index contributed by atoms with van der Waals surface area (Å²) in [5, 5.41) is 12.8. The topological polar surface area (TPSA) is 55.8 Å². The van der Waals surface area contributed by atoms with E-state index >= 15 is 0 Å². The largest absolute Gasteiger partial charge is 0.469 e. The van der Waals surface area contributed by atoms with Crippen LogP contribution in [0, 0.1) is 23.7 Å². The van der Waals surface area contributed by atoms with Crippen molar-refractivity contribution in [1.29, 1.82) is 0 Å². The van der Waals surface area contributed by atoms with Crippen LogP contribution in [0.25, 0.3) is 0 Å². The van der Waals surface area contributed by atoms with Crippen molar-refractivity contribution >= 4 is 24.7 Å². The highest BCUT2D eigenvalue weighted by atomic mass is 28.4. The number of esters is 1. The molecule has 0 heterocycles. The first-order valence-electron chi connectivity index (χ1n) is 12.2. The van der Waals surface area contributed by atoms with Crippen molar-refractivity contribution in [3.63, 3.8) is 0 Å². The molecule has 34 heavy (non-hydrogen) atoms. The lowest BCUT2D eigenvalue weighted by Gasteiger charge is -2.43. The highest BCUT2D eigenvalue weighted by Crippen LogP contribution is 2.37. The standard InChI is InChI=1S/C29H38O4Si/c1-29(2,3)34(24-14-8-5-9-15-24,25-16-10-6-11-17-25)33-21-13-7-12-18-26-23(19-20-27(26)30)22-28(31)32-4/h5-6,8-11,14-17,23,26-27,30H,13,18-22H2,1-4H3/t23-,26+,27-/m0/s1. The first-order chi connectivity index (χ1) is 16.3. The normalized spacial score (nSPS) is 20.4. The van der Waals surface area contributed by atoms with Crippen molar-refractivity contribution in [3.8, 4) is 11.8 Å². The van der Waals surface area contributed by atoms with E-state index in [1.54, 1.807) is 0 Å². The Morgan fingerprint density at radius 1 is 1.00 bits per heavy atom. The van der Waals surface area contributed by atoms with E-state index in [-0.39, 0.29) is 22.8 Å². The zero-order chi connectivity index (χ0) is 24.6. The van der Waals surface area contributed by atoms with Crippen molar-refractivity contribution in [3.05, 3.63) is 60.7 Å². The maximum absolute atomic E-state index is 11.7. The van der Waals surface area contributed by atoms with E-state index < -0.39 is 14.4 Å². The van der Waals surface area contributed by atoms with Gasteiger partial charge in [-0.1, -0.05) is 81.4 Å². The summed E-state index contributed by atoms with van der Waals surface area (Å²) in [6.45, 7) is 7.37. The van der Waals surface area contributed by atoms with Crippen LogP contribution in [0.4, 0.5) is 0 Å². The molecule has 0 aliphatic heterocycles. The molecule has 0 radical (unpaired) electrons. The van der Waals surface area contributed by atoms with Gasteiger partial charge in [-0.2, -0.15) is 0 Å². The smallest absolute Gasteiger partial charge is 0.305 e. The summed E-state index contributed by atoms with van der Waals surface area (Å²) in [5.74, 6) is 6.49. The van der Waals surface area contributed by atoms with Gasteiger partial charge in [0, 0.05) is 25.9 Å². The lowest BCUT2D eigenvalue weighted by atomic mass is 9.89. The fourth-order valence-electron chi connectivity index (χ4n) is 5.28.